The van der Waals surface area contributed by atoms with Gasteiger partial charge in [-0.25, -0.2) is 9.67 Å². The molecule has 0 saturated heterocycles. The van der Waals surface area contributed by atoms with Crippen LogP contribution in [0.15, 0.2) is 43.0 Å². The van der Waals surface area contributed by atoms with Crippen molar-refractivity contribution in [2.24, 2.45) is 7.05 Å². The van der Waals surface area contributed by atoms with Crippen molar-refractivity contribution in [1.29, 1.82) is 0 Å². The third-order valence-electron chi connectivity index (χ3n) is 3.93. The number of carbonyl (C=O) groups excluding carboxylic acids is 1. The van der Waals surface area contributed by atoms with Gasteiger partial charge in [-0.1, -0.05) is 0 Å². The van der Waals surface area contributed by atoms with Crippen LogP contribution >= 0.6 is 0 Å². The number of aryl methyl sites for hydroxylation is 1. The molecular formula is C18H20N6O5. The molecule has 0 spiro atoms. The first-order valence-electron chi connectivity index (χ1n) is 8.92. The van der Waals surface area contributed by atoms with Crippen molar-refractivity contribution in [2.75, 3.05) is 19.8 Å². The molecule has 3 aromatic rings. The lowest BCUT2D eigenvalue weighted by Gasteiger charge is -2.08. The fourth-order valence-electron chi connectivity index (χ4n) is 2.61. The minimum atomic E-state index is -0.608. The van der Waals surface area contributed by atoms with Crippen molar-refractivity contribution in [1.82, 2.24) is 24.5 Å². The number of carbonyl (C=O) groups is 1. The van der Waals surface area contributed by atoms with E-state index in [2.05, 4.69) is 15.2 Å². The van der Waals surface area contributed by atoms with Gasteiger partial charge in [0.05, 0.1) is 17.2 Å². The van der Waals surface area contributed by atoms with Crippen LogP contribution in [-0.2, 0) is 11.8 Å². The van der Waals surface area contributed by atoms with Gasteiger partial charge in [-0.15, -0.1) is 0 Å². The van der Waals surface area contributed by atoms with Gasteiger partial charge in [-0.2, -0.15) is 10.2 Å². The fourth-order valence-corrected chi connectivity index (χ4v) is 2.61. The summed E-state index contributed by atoms with van der Waals surface area (Å²) in [5.74, 6) is 0.0797. The van der Waals surface area contributed by atoms with Crippen molar-refractivity contribution in [2.45, 2.75) is 12.8 Å². The van der Waals surface area contributed by atoms with E-state index in [1.807, 2.05) is 18.3 Å². The number of nitrogens with zero attached hydrogens (tertiary/aromatic N) is 6. The molecule has 0 bridgehead atoms. The van der Waals surface area contributed by atoms with Gasteiger partial charge in [0.1, 0.15) is 12.8 Å². The first kappa shape index (κ1) is 20.1. The molecule has 11 heteroatoms. The van der Waals surface area contributed by atoms with Gasteiger partial charge in [0.15, 0.2) is 5.78 Å². The molecule has 0 fully saturated rings. The van der Waals surface area contributed by atoms with E-state index in [-0.39, 0.29) is 23.6 Å². The molecule has 0 N–H and O–H groups in total. The number of nitro groups is 1. The van der Waals surface area contributed by atoms with Crippen LogP contribution in [0.1, 0.15) is 23.3 Å². The largest absolute Gasteiger partial charge is 0.475 e. The zero-order valence-electron chi connectivity index (χ0n) is 15.8. The van der Waals surface area contributed by atoms with Crippen LogP contribution in [0.5, 0.6) is 5.88 Å². The highest BCUT2D eigenvalue weighted by atomic mass is 16.6. The first-order valence-corrected chi connectivity index (χ1v) is 8.92. The Morgan fingerprint density at radius 3 is 2.90 bits per heavy atom. The molecule has 0 amide bonds. The van der Waals surface area contributed by atoms with Crippen molar-refractivity contribution in [3.8, 4) is 11.6 Å². The van der Waals surface area contributed by atoms with Gasteiger partial charge in [-0.05, 0) is 18.6 Å². The number of pyridine rings is 1. The number of ketones is 1. The quantitative estimate of drug-likeness (QED) is 0.207. The second-order valence-corrected chi connectivity index (χ2v) is 6.08. The molecule has 3 aromatic heterocycles. The smallest absolute Gasteiger partial charge is 0.318 e. The van der Waals surface area contributed by atoms with E-state index < -0.39 is 4.92 Å². The Balaban J connectivity index is 1.35. The third kappa shape index (κ3) is 5.45. The molecule has 0 radical (unpaired) electrons. The molecule has 11 nitrogen and oxygen atoms in total. The van der Waals surface area contributed by atoms with E-state index in [9.17, 15) is 14.9 Å². The van der Waals surface area contributed by atoms with Crippen LogP contribution in [0.3, 0.4) is 0 Å². The number of ether oxygens (including phenoxy) is 2. The molecule has 0 aromatic carbocycles. The van der Waals surface area contributed by atoms with Crippen molar-refractivity contribution < 1.29 is 19.2 Å². The van der Waals surface area contributed by atoms with Gasteiger partial charge in [0.2, 0.25) is 11.6 Å². The molecule has 0 aliphatic rings. The predicted molar refractivity (Wildman–Crippen MR) is 101 cm³/mol. The monoisotopic (exact) mass is 400 g/mol. The number of aromatic nitrogens is 5. The zero-order valence-corrected chi connectivity index (χ0v) is 15.8. The van der Waals surface area contributed by atoms with Gasteiger partial charge < -0.3 is 9.47 Å². The highest BCUT2D eigenvalue weighted by Gasteiger charge is 2.24. The molecule has 0 saturated carbocycles. The van der Waals surface area contributed by atoms with Crippen LogP contribution in [0.25, 0.3) is 5.69 Å². The van der Waals surface area contributed by atoms with Gasteiger partial charge >= 0.3 is 5.69 Å². The highest BCUT2D eigenvalue weighted by molar-refractivity contribution is 5.97. The summed E-state index contributed by atoms with van der Waals surface area (Å²) in [6, 6.07) is 5.41. The Kier molecular flexibility index (Phi) is 6.63. The van der Waals surface area contributed by atoms with Gasteiger partial charge in [0, 0.05) is 44.7 Å². The maximum Gasteiger partial charge on any atom is 0.318 e. The summed E-state index contributed by atoms with van der Waals surface area (Å²) in [7, 11) is 1.53. The van der Waals surface area contributed by atoms with Crippen molar-refractivity contribution in [3.05, 3.63) is 58.8 Å². The highest BCUT2D eigenvalue weighted by Crippen LogP contribution is 2.18. The van der Waals surface area contributed by atoms with Crippen molar-refractivity contribution >= 4 is 11.5 Å². The number of hydrogen-bond acceptors (Lipinski definition) is 8. The van der Waals surface area contributed by atoms with E-state index >= 15 is 0 Å². The average Bonchev–Trinajstić information content (AvgIpc) is 3.37. The van der Waals surface area contributed by atoms with E-state index in [1.54, 1.807) is 23.1 Å². The lowest BCUT2D eigenvalue weighted by atomic mass is 10.1. The number of rotatable bonds is 11. The minimum Gasteiger partial charge on any atom is -0.475 e. The zero-order chi connectivity index (χ0) is 20.6. The van der Waals surface area contributed by atoms with Crippen LogP contribution in [0.2, 0.25) is 0 Å². The summed E-state index contributed by atoms with van der Waals surface area (Å²) in [5, 5.41) is 19.0. The predicted octanol–water partition coefficient (Wildman–Crippen LogP) is 1.97. The maximum atomic E-state index is 12.1. The van der Waals surface area contributed by atoms with Gasteiger partial charge in [0.25, 0.3) is 0 Å². The molecule has 3 heterocycles. The Morgan fingerprint density at radius 2 is 2.14 bits per heavy atom. The van der Waals surface area contributed by atoms with Crippen LogP contribution < -0.4 is 4.74 Å². The minimum absolute atomic E-state index is 0.117. The SMILES string of the molecule is Cn1cc([N+](=O)[O-])c(C(=O)CCCOCCOc2cc(-n3cccn3)ccn2)n1. The number of hydrogen-bond donors (Lipinski definition) is 0. The van der Waals surface area contributed by atoms with E-state index in [0.717, 1.165) is 5.69 Å². The normalized spacial score (nSPS) is 10.8. The Labute approximate surface area is 166 Å². The second kappa shape index (κ2) is 9.55. The fraction of sp³-hybridized carbons (Fsp3) is 0.333. The average molecular weight is 400 g/mol. The lowest BCUT2D eigenvalue weighted by Crippen LogP contribution is -2.10. The molecule has 29 heavy (non-hydrogen) atoms. The molecule has 0 unspecified atom stereocenters. The third-order valence-corrected chi connectivity index (χ3v) is 3.93. The molecule has 152 valence electrons. The summed E-state index contributed by atoms with van der Waals surface area (Å²) < 4.78 is 14.0. The lowest BCUT2D eigenvalue weighted by molar-refractivity contribution is -0.385. The molecule has 0 atom stereocenters. The topological polar surface area (TPSA) is 127 Å². The van der Waals surface area contributed by atoms with Crippen LogP contribution in [0, 0.1) is 10.1 Å². The summed E-state index contributed by atoms with van der Waals surface area (Å²) in [6.45, 7) is 0.956. The summed E-state index contributed by atoms with van der Waals surface area (Å²) in [5.41, 5.74) is 0.434. The Morgan fingerprint density at radius 1 is 1.28 bits per heavy atom. The molecule has 0 aliphatic heterocycles. The van der Waals surface area contributed by atoms with Gasteiger partial charge in [-0.3, -0.25) is 19.6 Å². The van der Waals surface area contributed by atoms with Crippen molar-refractivity contribution in [3.63, 3.8) is 0 Å². The summed E-state index contributed by atoms with van der Waals surface area (Å²) in [6.07, 6.45) is 6.91. The Hall–Kier alpha value is -3.60. The number of Topliss-reactive ketones (excluding diaryl/α,β-unsaturated/α-hetero) is 1. The molecule has 3 rings (SSSR count). The standard InChI is InChI=1S/C18H20N6O5/c1-22-13-15(24(26)27)18(21-22)16(25)4-2-9-28-10-11-29-17-12-14(5-7-19-17)23-8-3-6-20-23/h3,5-8,12-13H,2,4,9-11H2,1H3. The van der Waals surface area contributed by atoms with Crippen LogP contribution in [0.4, 0.5) is 5.69 Å². The first-order chi connectivity index (χ1) is 14.0. The maximum absolute atomic E-state index is 12.1. The van der Waals surface area contributed by atoms with Crippen LogP contribution in [-0.4, -0.2) is 55.1 Å². The van der Waals surface area contributed by atoms with E-state index in [1.165, 1.54) is 17.9 Å². The second-order valence-electron chi connectivity index (χ2n) is 6.08. The summed E-state index contributed by atoms with van der Waals surface area (Å²) >= 11 is 0. The van der Waals surface area contributed by atoms with E-state index in [4.69, 9.17) is 9.47 Å². The summed E-state index contributed by atoms with van der Waals surface area (Å²) in [4.78, 5) is 26.6. The molecule has 0 aliphatic carbocycles. The molecular weight excluding hydrogens is 380 g/mol. The van der Waals surface area contributed by atoms with E-state index in [0.29, 0.717) is 32.1 Å². The Bertz CT molecular complexity index is 969.